The maximum absolute atomic E-state index is 14.4. The van der Waals surface area contributed by atoms with E-state index in [2.05, 4.69) is 87.4 Å². The number of aryl methyl sites for hydroxylation is 5. The van der Waals surface area contributed by atoms with E-state index in [1.165, 1.54) is 0 Å². The summed E-state index contributed by atoms with van der Waals surface area (Å²) < 4.78 is 1.98. The Morgan fingerprint density at radius 3 is 1.59 bits per heavy atom. The number of nitrogens with one attached hydrogen (secondary N) is 4. The average molecular weight is 1040 g/mol. The first-order chi connectivity index (χ1) is 35.8. The molecule has 75 heavy (non-hydrogen) atoms. The molecule has 0 bridgehead atoms. The molecule has 0 saturated heterocycles. The number of rotatable bonds is 18. The molecule has 0 unspecified atom stereocenters. The van der Waals surface area contributed by atoms with E-state index >= 15 is 0 Å². The first kappa shape index (κ1) is 54.9. The number of nitrogens with zero attached hydrogens (tertiary/aromatic N) is 7. The normalized spacial score (nSPS) is 17.9. The highest BCUT2D eigenvalue weighted by atomic mass is 32.1. The van der Waals surface area contributed by atoms with Crippen LogP contribution in [0.15, 0.2) is 64.6 Å². The lowest BCUT2D eigenvalue weighted by molar-refractivity contribution is 0.0942. The number of aromatic amines is 2. The molecule has 2 saturated carbocycles. The molecule has 2 aliphatic rings. The topological polar surface area (TPSA) is 168 Å². The molecule has 4 aromatic heterocycles. The number of H-pyrrole nitrogens is 2. The molecule has 8 rings (SSSR count). The Balaban J connectivity index is 1.13. The number of amides is 2. The van der Waals surface area contributed by atoms with Crippen molar-refractivity contribution in [2.75, 3.05) is 51.1 Å². The summed E-state index contributed by atoms with van der Waals surface area (Å²) in [7, 11) is 10.6. The third kappa shape index (κ3) is 12.3. The Hall–Kier alpha value is -6.36. The van der Waals surface area contributed by atoms with Crippen LogP contribution in [-0.4, -0.2) is 112 Å². The van der Waals surface area contributed by atoms with Crippen molar-refractivity contribution in [3.63, 3.8) is 0 Å². The van der Waals surface area contributed by atoms with E-state index in [1.54, 1.807) is 17.5 Å². The van der Waals surface area contributed by atoms with Crippen molar-refractivity contribution >= 4 is 34.5 Å². The van der Waals surface area contributed by atoms with Crippen LogP contribution in [-0.2, 0) is 26.6 Å². The molecule has 16 heteroatoms. The van der Waals surface area contributed by atoms with E-state index in [0.717, 1.165) is 130 Å². The van der Waals surface area contributed by atoms with Gasteiger partial charge in [-0.05, 0) is 187 Å². The van der Waals surface area contributed by atoms with Gasteiger partial charge in [0.15, 0.2) is 0 Å². The van der Waals surface area contributed by atoms with Gasteiger partial charge >= 0.3 is 0 Å². The zero-order valence-corrected chi connectivity index (χ0v) is 47.2. The lowest BCUT2D eigenvalue weighted by Crippen LogP contribution is -2.43. The highest BCUT2D eigenvalue weighted by Crippen LogP contribution is 2.39. The summed E-state index contributed by atoms with van der Waals surface area (Å²) in [5, 5.41) is 7.05. The van der Waals surface area contributed by atoms with Gasteiger partial charge in [-0.15, -0.1) is 11.3 Å². The average Bonchev–Trinajstić information content (AvgIpc) is 4.04. The summed E-state index contributed by atoms with van der Waals surface area (Å²) in [5.74, 6) is 0.278. The van der Waals surface area contributed by atoms with E-state index in [4.69, 9.17) is 9.97 Å². The van der Waals surface area contributed by atoms with Gasteiger partial charge < -0.3 is 44.8 Å². The number of anilines is 2. The number of carbonyl (C=O) groups excluding carboxylic acids is 2. The smallest absolute Gasteiger partial charge is 0.253 e. The van der Waals surface area contributed by atoms with E-state index in [9.17, 15) is 19.2 Å². The van der Waals surface area contributed by atoms with Crippen LogP contribution in [0.2, 0.25) is 0 Å². The largest absolute Gasteiger partial charge is 0.369 e. The fourth-order valence-electron chi connectivity index (χ4n) is 11.8. The predicted octanol–water partition coefficient (Wildman–Crippen LogP) is 8.92. The van der Waals surface area contributed by atoms with Crippen LogP contribution in [0.1, 0.15) is 129 Å². The summed E-state index contributed by atoms with van der Waals surface area (Å²) in [6.07, 6.45) is 14.9. The van der Waals surface area contributed by atoms with Gasteiger partial charge in [0.05, 0.1) is 0 Å². The molecule has 4 N–H and O–H groups in total. The first-order valence-electron chi connectivity index (χ1n) is 26.8. The highest BCUT2D eigenvalue weighted by Gasteiger charge is 2.32. The van der Waals surface area contributed by atoms with Gasteiger partial charge in [-0.2, -0.15) is 0 Å². The summed E-state index contributed by atoms with van der Waals surface area (Å²) in [6, 6.07) is 13.8. The molecular weight excluding hydrogens is 959 g/mol. The van der Waals surface area contributed by atoms with Crippen molar-refractivity contribution < 1.29 is 9.59 Å². The van der Waals surface area contributed by atoms with Crippen LogP contribution < -0.4 is 31.6 Å². The monoisotopic (exact) mass is 1040 g/mol. The van der Waals surface area contributed by atoms with Crippen molar-refractivity contribution in [3.05, 3.63) is 136 Å². The Labute approximate surface area is 447 Å². The maximum Gasteiger partial charge on any atom is 0.253 e. The minimum Gasteiger partial charge on any atom is -0.369 e. The number of aromatic nitrogens is 5. The molecule has 0 spiro atoms. The van der Waals surface area contributed by atoms with E-state index in [1.807, 2.05) is 89.8 Å². The second-order valence-corrected chi connectivity index (χ2v) is 22.8. The molecule has 6 aromatic rings. The Bertz CT molecular complexity index is 3130. The molecule has 0 aliphatic heterocycles. The number of imidazole rings is 1. The minimum absolute atomic E-state index is 0.102. The van der Waals surface area contributed by atoms with Crippen LogP contribution >= 0.6 is 11.3 Å². The van der Waals surface area contributed by atoms with Gasteiger partial charge in [-0.1, -0.05) is 0 Å². The Morgan fingerprint density at radius 2 is 1.12 bits per heavy atom. The Kier molecular flexibility index (Phi) is 17.3. The van der Waals surface area contributed by atoms with E-state index in [0.29, 0.717) is 53.3 Å². The zero-order valence-electron chi connectivity index (χ0n) is 46.4. The van der Waals surface area contributed by atoms with Crippen molar-refractivity contribution in [1.82, 2.24) is 44.9 Å². The van der Waals surface area contributed by atoms with Crippen molar-refractivity contribution in [2.24, 2.45) is 7.05 Å². The van der Waals surface area contributed by atoms with Gasteiger partial charge in [-0.25, -0.2) is 9.97 Å². The third-order valence-corrected chi connectivity index (χ3v) is 17.3. The molecule has 0 radical (unpaired) electrons. The van der Waals surface area contributed by atoms with Crippen molar-refractivity contribution in [2.45, 2.75) is 144 Å². The molecule has 2 aromatic carbocycles. The second kappa shape index (κ2) is 23.7. The van der Waals surface area contributed by atoms with E-state index in [-0.39, 0.29) is 42.1 Å². The molecule has 2 fully saturated rings. The molecule has 2 aliphatic carbocycles. The van der Waals surface area contributed by atoms with Crippen LogP contribution in [0, 0.1) is 41.5 Å². The van der Waals surface area contributed by atoms with Gasteiger partial charge in [0, 0.05) is 143 Å². The molecule has 15 nitrogen and oxygen atoms in total. The van der Waals surface area contributed by atoms with Crippen LogP contribution in [0.3, 0.4) is 0 Å². The summed E-state index contributed by atoms with van der Waals surface area (Å²) in [6.45, 7) is 15.5. The lowest BCUT2D eigenvalue weighted by Gasteiger charge is -2.41. The zero-order chi connectivity index (χ0) is 53.8. The lowest BCUT2D eigenvalue weighted by atomic mass is 9.88. The number of hydrogen-bond donors (Lipinski definition) is 4. The van der Waals surface area contributed by atoms with Crippen molar-refractivity contribution in [3.8, 4) is 22.0 Å². The SMILES string of the molecule is CCN(c1cc(-c2ncc(CCN(c3cc(-c4nccn4C)cc(C(=O)NCc4c(C)cc(C)[nH]c4=O)c3C)C3CCC(N(C)C)CC3)s2)cc(C(=O)NCc2c(C)cc(C)[nH]c2=O)c1C)C1CCC(N(C)C)CC1. The fraction of sp³-hybridized carbons (Fsp3) is 0.492. The summed E-state index contributed by atoms with van der Waals surface area (Å²) >= 11 is 1.65. The molecule has 2 amide bonds. The van der Waals surface area contributed by atoms with Gasteiger partial charge in [0.2, 0.25) is 0 Å². The summed E-state index contributed by atoms with van der Waals surface area (Å²) in [5.41, 5.74) is 10.6. The number of pyridine rings is 2. The quantitative estimate of drug-likeness (QED) is 0.0653. The first-order valence-corrected chi connectivity index (χ1v) is 27.7. The molecule has 4 heterocycles. The van der Waals surface area contributed by atoms with Crippen LogP contribution in [0.5, 0.6) is 0 Å². The standard InChI is InChI=1S/C59H79N11O4S/c1-13-69(45-18-14-43(15-19-45)66(8)9)52-31-42(29-49(39(52)6)56(72)62-34-51-36(3)27-38(5)65-58(51)74)59-63-32-47(75-59)22-24-70(46-20-16-44(17-21-46)67(10)11)53-30-41(54-60-23-25-68(54)12)28-48(40(53)7)55(71)61-33-50-35(2)26-37(4)64-57(50)73/h23,25-32,43-46H,13-22,24,33-34H2,1-12H3,(H,61,71)(H,62,72)(H,64,73)(H,65,74). The number of hydrogen-bond acceptors (Lipinski definition) is 11. The minimum atomic E-state index is -0.250. The third-order valence-electron chi connectivity index (χ3n) is 16.2. The molecule has 400 valence electrons. The van der Waals surface area contributed by atoms with Crippen molar-refractivity contribution in [1.29, 1.82) is 0 Å². The number of thiazole rings is 1. The predicted molar refractivity (Wildman–Crippen MR) is 305 cm³/mol. The highest BCUT2D eigenvalue weighted by molar-refractivity contribution is 7.15. The van der Waals surface area contributed by atoms with Gasteiger partial charge in [-0.3, -0.25) is 19.2 Å². The van der Waals surface area contributed by atoms with Crippen LogP contribution in [0.4, 0.5) is 11.4 Å². The molecule has 0 atom stereocenters. The van der Waals surface area contributed by atoms with Crippen LogP contribution in [0.25, 0.3) is 22.0 Å². The fourth-order valence-corrected chi connectivity index (χ4v) is 12.7. The molecular formula is C59H79N11O4S. The Morgan fingerprint density at radius 1 is 0.653 bits per heavy atom. The maximum atomic E-state index is 14.4. The number of benzene rings is 2. The van der Waals surface area contributed by atoms with E-state index < -0.39 is 0 Å². The summed E-state index contributed by atoms with van der Waals surface area (Å²) in [4.78, 5) is 81.3. The van der Waals surface area contributed by atoms with Gasteiger partial charge in [0.1, 0.15) is 10.8 Å². The second-order valence-electron chi connectivity index (χ2n) is 21.7. The van der Waals surface area contributed by atoms with Gasteiger partial charge in [0.25, 0.3) is 22.9 Å². The number of carbonyl (C=O) groups is 2.